The van der Waals surface area contributed by atoms with E-state index in [-0.39, 0.29) is 17.2 Å². The molecule has 1 aromatic rings. The first kappa shape index (κ1) is 13.3. The molecule has 0 aliphatic carbocycles. The summed E-state index contributed by atoms with van der Waals surface area (Å²) in [6, 6.07) is 4.10. The lowest BCUT2D eigenvalue weighted by Gasteiger charge is -2.17. The Bertz CT molecular complexity index is 566. The van der Waals surface area contributed by atoms with E-state index in [4.69, 9.17) is 11.6 Å². The molecule has 2 aliphatic heterocycles. The van der Waals surface area contributed by atoms with Crippen LogP contribution in [-0.2, 0) is 0 Å². The highest BCUT2D eigenvalue weighted by molar-refractivity contribution is 6.31. The minimum atomic E-state index is -0.540. The number of rotatable bonds is 2. The van der Waals surface area contributed by atoms with Gasteiger partial charge >= 0.3 is 0 Å². The molecular formula is C13H14ClN3O3. The number of fused-ring (bicyclic) bond motifs is 1. The van der Waals surface area contributed by atoms with Crippen molar-refractivity contribution in [2.45, 2.75) is 0 Å². The summed E-state index contributed by atoms with van der Waals surface area (Å²) in [6.45, 7) is 3.12. The third-order valence-corrected chi connectivity index (χ3v) is 4.30. The number of carbonyl (C=O) groups excluding carboxylic acids is 1. The average molecular weight is 296 g/mol. The van der Waals surface area contributed by atoms with Gasteiger partial charge in [0.05, 0.1) is 4.92 Å². The van der Waals surface area contributed by atoms with Crippen molar-refractivity contribution in [2.24, 2.45) is 11.8 Å². The number of nitrogens with one attached hydrogen (secondary N) is 1. The van der Waals surface area contributed by atoms with Gasteiger partial charge in [-0.15, -0.1) is 0 Å². The molecule has 1 N–H and O–H groups in total. The predicted octanol–water partition coefficient (Wildman–Crippen LogP) is 1.54. The third-order valence-electron chi connectivity index (χ3n) is 4.06. The molecule has 0 bridgehead atoms. The molecule has 0 aromatic heterocycles. The number of nitro groups is 1. The van der Waals surface area contributed by atoms with Crippen LogP contribution in [0.4, 0.5) is 5.69 Å². The molecule has 20 heavy (non-hydrogen) atoms. The Kier molecular flexibility index (Phi) is 3.35. The summed E-state index contributed by atoms with van der Waals surface area (Å²) >= 11 is 5.86. The molecule has 1 aromatic carbocycles. The van der Waals surface area contributed by atoms with Crippen LogP contribution in [0.5, 0.6) is 0 Å². The Morgan fingerprint density at radius 3 is 2.60 bits per heavy atom. The van der Waals surface area contributed by atoms with Gasteiger partial charge in [0.25, 0.3) is 11.6 Å². The van der Waals surface area contributed by atoms with Crippen LogP contribution in [0, 0.1) is 22.0 Å². The van der Waals surface area contributed by atoms with Crippen molar-refractivity contribution in [1.29, 1.82) is 0 Å². The molecule has 0 spiro atoms. The Balaban J connectivity index is 1.87. The van der Waals surface area contributed by atoms with Crippen LogP contribution in [0.3, 0.4) is 0 Å². The Labute approximate surface area is 120 Å². The molecule has 2 atom stereocenters. The fraction of sp³-hybridized carbons (Fsp3) is 0.462. The second-order valence-electron chi connectivity index (χ2n) is 5.31. The zero-order valence-corrected chi connectivity index (χ0v) is 11.5. The summed E-state index contributed by atoms with van der Waals surface area (Å²) < 4.78 is 0. The van der Waals surface area contributed by atoms with E-state index in [1.54, 1.807) is 4.90 Å². The highest BCUT2D eigenvalue weighted by atomic mass is 35.5. The van der Waals surface area contributed by atoms with Crippen LogP contribution < -0.4 is 5.32 Å². The van der Waals surface area contributed by atoms with Gasteiger partial charge in [-0.1, -0.05) is 11.6 Å². The van der Waals surface area contributed by atoms with Crippen LogP contribution in [-0.4, -0.2) is 41.9 Å². The van der Waals surface area contributed by atoms with Gasteiger partial charge in [-0.2, -0.15) is 0 Å². The minimum Gasteiger partial charge on any atom is -0.338 e. The van der Waals surface area contributed by atoms with Gasteiger partial charge in [-0.25, -0.2) is 0 Å². The van der Waals surface area contributed by atoms with Crippen molar-refractivity contribution >= 4 is 23.2 Å². The molecule has 2 unspecified atom stereocenters. The first-order valence-corrected chi connectivity index (χ1v) is 6.88. The Hall–Kier alpha value is -1.66. The molecule has 0 saturated carbocycles. The van der Waals surface area contributed by atoms with E-state index in [0.29, 0.717) is 29.9 Å². The van der Waals surface area contributed by atoms with Gasteiger partial charge in [0, 0.05) is 37.3 Å². The smallest absolute Gasteiger partial charge is 0.282 e. The highest BCUT2D eigenvalue weighted by Gasteiger charge is 2.39. The standard InChI is InChI=1S/C13H14ClN3O3/c14-10-1-2-12(17(19)20)11(3-10)13(18)16-6-8-4-15-5-9(8)7-16/h1-3,8-9,15H,4-7H2. The van der Waals surface area contributed by atoms with Gasteiger partial charge in [-0.05, 0) is 24.0 Å². The number of likely N-dealkylation sites (tertiary alicyclic amines) is 1. The monoisotopic (exact) mass is 295 g/mol. The second kappa shape index (κ2) is 5.03. The van der Waals surface area contributed by atoms with Gasteiger partial charge in [0.15, 0.2) is 0 Å². The van der Waals surface area contributed by atoms with Crippen molar-refractivity contribution in [1.82, 2.24) is 10.2 Å². The van der Waals surface area contributed by atoms with Gasteiger partial charge < -0.3 is 10.2 Å². The molecular weight excluding hydrogens is 282 g/mol. The van der Waals surface area contributed by atoms with E-state index < -0.39 is 4.92 Å². The largest absolute Gasteiger partial charge is 0.338 e. The maximum atomic E-state index is 12.5. The number of hydrogen-bond acceptors (Lipinski definition) is 4. The summed E-state index contributed by atoms with van der Waals surface area (Å²) in [5.74, 6) is 0.614. The zero-order chi connectivity index (χ0) is 14.3. The van der Waals surface area contributed by atoms with Crippen molar-refractivity contribution in [2.75, 3.05) is 26.2 Å². The molecule has 2 heterocycles. The van der Waals surface area contributed by atoms with Gasteiger partial charge in [-0.3, -0.25) is 14.9 Å². The summed E-state index contributed by atoms with van der Waals surface area (Å²) in [6.07, 6.45) is 0. The lowest BCUT2D eigenvalue weighted by molar-refractivity contribution is -0.385. The zero-order valence-electron chi connectivity index (χ0n) is 10.7. The van der Waals surface area contributed by atoms with Crippen LogP contribution in [0.25, 0.3) is 0 Å². The second-order valence-corrected chi connectivity index (χ2v) is 5.74. The molecule has 7 heteroatoms. The van der Waals surface area contributed by atoms with Crippen LogP contribution in [0.15, 0.2) is 18.2 Å². The van der Waals surface area contributed by atoms with Crippen molar-refractivity contribution in [3.05, 3.63) is 38.9 Å². The van der Waals surface area contributed by atoms with E-state index in [1.807, 2.05) is 0 Å². The predicted molar refractivity (Wildman–Crippen MR) is 73.9 cm³/mol. The lowest BCUT2D eigenvalue weighted by atomic mass is 10.0. The van der Waals surface area contributed by atoms with Crippen LogP contribution in [0.1, 0.15) is 10.4 Å². The molecule has 106 valence electrons. The van der Waals surface area contributed by atoms with Gasteiger partial charge in [0.1, 0.15) is 5.56 Å². The normalized spacial score (nSPS) is 24.8. The van der Waals surface area contributed by atoms with Gasteiger partial charge in [0.2, 0.25) is 0 Å². The number of carbonyl (C=O) groups is 1. The molecule has 0 radical (unpaired) electrons. The maximum absolute atomic E-state index is 12.5. The minimum absolute atomic E-state index is 0.0791. The summed E-state index contributed by atoms with van der Waals surface area (Å²) in [5, 5.41) is 14.7. The molecule has 2 fully saturated rings. The number of hydrogen-bond donors (Lipinski definition) is 1. The van der Waals surface area contributed by atoms with E-state index in [1.165, 1.54) is 18.2 Å². The molecule has 3 rings (SSSR count). The number of nitrogens with zero attached hydrogens (tertiary/aromatic N) is 2. The third kappa shape index (κ3) is 2.25. The Morgan fingerprint density at radius 2 is 2.00 bits per heavy atom. The fourth-order valence-corrected chi connectivity index (χ4v) is 3.20. The number of halogens is 1. The van der Waals surface area contributed by atoms with E-state index in [0.717, 1.165) is 13.1 Å². The highest BCUT2D eigenvalue weighted by Crippen LogP contribution is 2.30. The summed E-state index contributed by atoms with van der Waals surface area (Å²) in [7, 11) is 0. The lowest BCUT2D eigenvalue weighted by Crippen LogP contribution is -2.32. The number of nitro benzene ring substituents is 1. The Morgan fingerprint density at radius 1 is 1.35 bits per heavy atom. The van der Waals surface area contributed by atoms with E-state index in [2.05, 4.69) is 5.32 Å². The van der Waals surface area contributed by atoms with Crippen molar-refractivity contribution in [3.8, 4) is 0 Å². The summed E-state index contributed by atoms with van der Waals surface area (Å²) in [4.78, 5) is 24.7. The van der Waals surface area contributed by atoms with Crippen LogP contribution >= 0.6 is 11.6 Å². The molecule has 1 amide bonds. The maximum Gasteiger partial charge on any atom is 0.282 e. The first-order valence-electron chi connectivity index (χ1n) is 6.50. The topological polar surface area (TPSA) is 75.5 Å². The van der Waals surface area contributed by atoms with Crippen LogP contribution in [0.2, 0.25) is 5.02 Å². The fourth-order valence-electron chi connectivity index (χ4n) is 3.03. The molecule has 2 aliphatic rings. The number of amides is 1. The summed E-state index contributed by atoms with van der Waals surface area (Å²) in [5.41, 5.74) is -0.106. The van der Waals surface area contributed by atoms with E-state index in [9.17, 15) is 14.9 Å². The average Bonchev–Trinajstić information content (AvgIpc) is 2.97. The first-order chi connectivity index (χ1) is 9.56. The quantitative estimate of drug-likeness (QED) is 0.663. The molecule has 2 saturated heterocycles. The molecule has 6 nitrogen and oxygen atoms in total. The van der Waals surface area contributed by atoms with Crippen molar-refractivity contribution < 1.29 is 9.72 Å². The SMILES string of the molecule is O=C(c1cc(Cl)ccc1[N+](=O)[O-])N1CC2CNCC2C1. The number of benzene rings is 1. The van der Waals surface area contributed by atoms with Crippen molar-refractivity contribution in [3.63, 3.8) is 0 Å². The van der Waals surface area contributed by atoms with E-state index >= 15 is 0 Å².